The number of rotatable bonds is 5. The molecule has 1 aromatic heterocycles. The molecule has 0 unspecified atom stereocenters. The predicted octanol–water partition coefficient (Wildman–Crippen LogP) is 4.23. The molecule has 0 spiro atoms. The highest BCUT2D eigenvalue weighted by molar-refractivity contribution is 5.80. The van der Waals surface area contributed by atoms with Gasteiger partial charge in [0.25, 0.3) is 0 Å². The maximum absolute atomic E-state index is 13.3. The zero-order valence-corrected chi connectivity index (χ0v) is 13.4. The van der Waals surface area contributed by atoms with Crippen LogP contribution in [0.5, 0.6) is 11.5 Å². The van der Waals surface area contributed by atoms with Crippen molar-refractivity contribution < 1.29 is 9.13 Å². The lowest BCUT2D eigenvalue weighted by atomic mass is 9.85. The number of hydrogen-bond acceptors (Lipinski definition) is 3. The molecular formula is C19H20FN3O. The molecule has 1 aliphatic rings. The van der Waals surface area contributed by atoms with Crippen LogP contribution in [0.25, 0.3) is 10.9 Å². The molecule has 1 saturated carbocycles. The molecule has 24 heavy (non-hydrogen) atoms. The van der Waals surface area contributed by atoms with Gasteiger partial charge in [0, 0.05) is 24.0 Å². The largest absolute Gasteiger partial charge is 0.457 e. The summed E-state index contributed by atoms with van der Waals surface area (Å²) in [5.74, 6) is 1.73. The zero-order chi connectivity index (χ0) is 16.5. The molecule has 0 aliphatic heterocycles. The Kier molecular flexibility index (Phi) is 3.94. The van der Waals surface area contributed by atoms with E-state index in [-0.39, 0.29) is 12.4 Å². The molecule has 2 N–H and O–H groups in total. The fourth-order valence-electron chi connectivity index (χ4n) is 3.13. The quantitative estimate of drug-likeness (QED) is 0.764. The van der Waals surface area contributed by atoms with E-state index < -0.39 is 0 Å². The Morgan fingerprint density at radius 3 is 2.83 bits per heavy atom. The summed E-state index contributed by atoms with van der Waals surface area (Å²) in [6.07, 6.45) is 5.81. The van der Waals surface area contributed by atoms with Gasteiger partial charge in [0.15, 0.2) is 0 Å². The maximum atomic E-state index is 13.3. The van der Waals surface area contributed by atoms with Crippen LogP contribution in [0.3, 0.4) is 0 Å². The van der Waals surface area contributed by atoms with Crippen molar-refractivity contribution in [3.8, 4) is 11.5 Å². The van der Waals surface area contributed by atoms with Gasteiger partial charge in [-0.25, -0.2) is 4.39 Å². The SMILES string of the molecule is NCc1cc(F)ccc1Oc1ccc2c(cnn2CC2CCC2)c1. The molecule has 124 valence electrons. The summed E-state index contributed by atoms with van der Waals surface area (Å²) in [4.78, 5) is 0. The van der Waals surface area contributed by atoms with Crippen molar-refractivity contribution in [2.45, 2.75) is 32.4 Å². The second kappa shape index (κ2) is 6.24. The number of ether oxygens (including phenoxy) is 1. The zero-order valence-electron chi connectivity index (χ0n) is 13.4. The van der Waals surface area contributed by atoms with Gasteiger partial charge in [0.1, 0.15) is 17.3 Å². The molecule has 0 amide bonds. The average molecular weight is 325 g/mol. The molecule has 1 heterocycles. The molecule has 1 fully saturated rings. The van der Waals surface area contributed by atoms with Gasteiger partial charge in [-0.05, 0) is 55.2 Å². The number of halogens is 1. The Morgan fingerprint density at radius 2 is 2.08 bits per heavy atom. The molecule has 0 bridgehead atoms. The van der Waals surface area contributed by atoms with Crippen molar-refractivity contribution >= 4 is 10.9 Å². The molecule has 2 aromatic carbocycles. The van der Waals surface area contributed by atoms with Gasteiger partial charge in [-0.1, -0.05) is 6.42 Å². The average Bonchev–Trinajstić information content (AvgIpc) is 2.95. The minimum Gasteiger partial charge on any atom is -0.457 e. The highest BCUT2D eigenvalue weighted by atomic mass is 19.1. The molecule has 5 heteroatoms. The van der Waals surface area contributed by atoms with Gasteiger partial charge in [0.2, 0.25) is 0 Å². The molecule has 1 aliphatic carbocycles. The number of hydrogen-bond donors (Lipinski definition) is 1. The van der Waals surface area contributed by atoms with Crippen LogP contribution in [0, 0.1) is 11.7 Å². The number of benzene rings is 2. The smallest absolute Gasteiger partial charge is 0.132 e. The van der Waals surface area contributed by atoms with Crippen LogP contribution in [0.15, 0.2) is 42.6 Å². The summed E-state index contributed by atoms with van der Waals surface area (Å²) >= 11 is 0. The lowest BCUT2D eigenvalue weighted by molar-refractivity contribution is 0.270. The Bertz CT molecular complexity index is 870. The van der Waals surface area contributed by atoms with Crippen LogP contribution in [0.4, 0.5) is 4.39 Å². The molecule has 0 atom stereocenters. The fraction of sp³-hybridized carbons (Fsp3) is 0.316. The van der Waals surface area contributed by atoms with E-state index in [0.29, 0.717) is 17.1 Å². The van der Waals surface area contributed by atoms with E-state index in [0.717, 1.165) is 23.4 Å². The standard InChI is InChI=1S/C19H20FN3O/c20-16-4-7-19(14(8-16)10-21)24-17-5-6-18-15(9-17)11-22-23(18)12-13-2-1-3-13/h4-9,11,13H,1-3,10,12,21H2. The van der Waals surface area contributed by atoms with Crippen LogP contribution in [0.1, 0.15) is 24.8 Å². The molecular weight excluding hydrogens is 305 g/mol. The van der Waals surface area contributed by atoms with Crippen LogP contribution in [-0.4, -0.2) is 9.78 Å². The van der Waals surface area contributed by atoms with Crippen molar-refractivity contribution in [1.29, 1.82) is 0 Å². The first-order valence-electron chi connectivity index (χ1n) is 8.35. The van der Waals surface area contributed by atoms with Crippen LogP contribution >= 0.6 is 0 Å². The summed E-state index contributed by atoms with van der Waals surface area (Å²) < 4.78 is 21.3. The van der Waals surface area contributed by atoms with E-state index in [9.17, 15) is 4.39 Å². The third-order valence-corrected chi connectivity index (χ3v) is 4.74. The number of nitrogens with two attached hydrogens (primary N) is 1. The van der Waals surface area contributed by atoms with Crippen LogP contribution in [0.2, 0.25) is 0 Å². The molecule has 0 radical (unpaired) electrons. The molecule has 4 rings (SSSR count). The van der Waals surface area contributed by atoms with Crippen LogP contribution < -0.4 is 10.5 Å². The lowest BCUT2D eigenvalue weighted by Gasteiger charge is -2.25. The summed E-state index contributed by atoms with van der Waals surface area (Å²) in [6.45, 7) is 1.22. The second-order valence-corrected chi connectivity index (χ2v) is 6.40. The van der Waals surface area contributed by atoms with E-state index in [2.05, 4.69) is 9.78 Å². The highest BCUT2D eigenvalue weighted by Crippen LogP contribution is 2.31. The van der Waals surface area contributed by atoms with Crippen molar-refractivity contribution in [2.24, 2.45) is 11.7 Å². The summed E-state index contributed by atoms with van der Waals surface area (Å²) in [5.41, 5.74) is 7.44. The van der Waals surface area contributed by atoms with E-state index in [1.54, 1.807) is 6.07 Å². The highest BCUT2D eigenvalue weighted by Gasteiger charge is 2.19. The van der Waals surface area contributed by atoms with Gasteiger partial charge in [0.05, 0.1) is 11.7 Å². The van der Waals surface area contributed by atoms with Crippen molar-refractivity contribution in [2.75, 3.05) is 0 Å². The lowest BCUT2D eigenvalue weighted by Crippen LogP contribution is -2.18. The number of aromatic nitrogens is 2. The second-order valence-electron chi connectivity index (χ2n) is 6.40. The topological polar surface area (TPSA) is 53.1 Å². The summed E-state index contributed by atoms with van der Waals surface area (Å²) in [5, 5.41) is 5.55. The van der Waals surface area contributed by atoms with E-state index in [4.69, 9.17) is 10.5 Å². The Hall–Kier alpha value is -2.40. The summed E-state index contributed by atoms with van der Waals surface area (Å²) in [6, 6.07) is 10.3. The Morgan fingerprint density at radius 1 is 1.21 bits per heavy atom. The Labute approximate surface area is 140 Å². The van der Waals surface area contributed by atoms with Gasteiger partial charge < -0.3 is 10.5 Å². The van der Waals surface area contributed by atoms with Gasteiger partial charge in [-0.15, -0.1) is 0 Å². The van der Waals surface area contributed by atoms with Crippen LogP contribution in [-0.2, 0) is 13.1 Å². The van der Waals surface area contributed by atoms with Gasteiger partial charge in [-0.3, -0.25) is 4.68 Å². The third kappa shape index (κ3) is 2.87. The Balaban J connectivity index is 1.59. The number of fused-ring (bicyclic) bond motifs is 1. The monoisotopic (exact) mass is 325 g/mol. The number of nitrogens with zero attached hydrogens (tertiary/aromatic N) is 2. The maximum Gasteiger partial charge on any atom is 0.132 e. The van der Waals surface area contributed by atoms with Gasteiger partial charge >= 0.3 is 0 Å². The van der Waals surface area contributed by atoms with Crippen molar-refractivity contribution in [3.63, 3.8) is 0 Å². The fourth-order valence-corrected chi connectivity index (χ4v) is 3.13. The third-order valence-electron chi connectivity index (χ3n) is 4.74. The normalized spacial score (nSPS) is 14.8. The first-order valence-corrected chi connectivity index (χ1v) is 8.35. The first kappa shape index (κ1) is 15.1. The predicted molar refractivity (Wildman–Crippen MR) is 91.4 cm³/mol. The van der Waals surface area contributed by atoms with Crippen molar-refractivity contribution in [3.05, 3.63) is 54.0 Å². The molecule has 4 nitrogen and oxygen atoms in total. The van der Waals surface area contributed by atoms with E-state index in [1.165, 1.54) is 31.4 Å². The first-order chi connectivity index (χ1) is 11.7. The molecule has 0 saturated heterocycles. The van der Waals surface area contributed by atoms with Crippen molar-refractivity contribution in [1.82, 2.24) is 9.78 Å². The minimum atomic E-state index is -0.310. The van der Waals surface area contributed by atoms with E-state index in [1.807, 2.05) is 24.4 Å². The van der Waals surface area contributed by atoms with Gasteiger partial charge in [-0.2, -0.15) is 5.10 Å². The summed E-state index contributed by atoms with van der Waals surface area (Å²) in [7, 11) is 0. The minimum absolute atomic E-state index is 0.231. The van der Waals surface area contributed by atoms with E-state index >= 15 is 0 Å². The molecule has 3 aromatic rings.